The zero-order valence-electron chi connectivity index (χ0n) is 11.1. The number of amidine groups is 1. The van der Waals surface area contributed by atoms with Crippen LogP contribution in [0.1, 0.15) is 31.7 Å². The molecule has 98 valence electrons. The van der Waals surface area contributed by atoms with Crippen LogP contribution in [0.2, 0.25) is 0 Å². The molecule has 1 N–H and O–H groups in total. The van der Waals surface area contributed by atoms with Gasteiger partial charge in [-0.3, -0.25) is 4.99 Å². The molecule has 0 saturated carbocycles. The Morgan fingerprint density at radius 1 is 1.22 bits per heavy atom. The molecule has 3 heteroatoms. The number of nitrogens with zero attached hydrogens (tertiary/aromatic N) is 1. The van der Waals surface area contributed by atoms with Gasteiger partial charge >= 0.3 is 0 Å². The van der Waals surface area contributed by atoms with Gasteiger partial charge in [-0.25, -0.2) is 0 Å². The Balaban J connectivity index is 1.77. The predicted molar refractivity (Wildman–Crippen MR) is 75.5 cm³/mol. The lowest BCUT2D eigenvalue weighted by Gasteiger charge is -2.07. The monoisotopic (exact) mass is 246 g/mol. The van der Waals surface area contributed by atoms with Gasteiger partial charge in [-0.2, -0.15) is 0 Å². The fourth-order valence-corrected chi connectivity index (χ4v) is 2.00. The van der Waals surface area contributed by atoms with Crippen molar-refractivity contribution in [1.82, 2.24) is 5.32 Å². The summed E-state index contributed by atoms with van der Waals surface area (Å²) in [7, 11) is 0. The molecule has 0 aliphatic carbocycles. The van der Waals surface area contributed by atoms with Gasteiger partial charge in [0.25, 0.3) is 0 Å². The first-order valence-electron chi connectivity index (χ1n) is 6.87. The second-order valence-electron chi connectivity index (χ2n) is 4.63. The van der Waals surface area contributed by atoms with Crippen LogP contribution in [-0.2, 0) is 6.42 Å². The molecular weight excluding hydrogens is 224 g/mol. The van der Waals surface area contributed by atoms with E-state index < -0.39 is 0 Å². The molecule has 18 heavy (non-hydrogen) atoms. The topological polar surface area (TPSA) is 33.6 Å². The number of aliphatic imine (C=N–C) groups is 1. The zero-order valence-corrected chi connectivity index (χ0v) is 11.1. The maximum Gasteiger partial charge on any atom is 0.119 e. The third-order valence-electron chi connectivity index (χ3n) is 3.06. The Morgan fingerprint density at radius 2 is 2.06 bits per heavy atom. The number of hydrogen-bond donors (Lipinski definition) is 1. The van der Waals surface area contributed by atoms with Crippen molar-refractivity contribution in [1.29, 1.82) is 0 Å². The van der Waals surface area contributed by atoms with E-state index in [0.717, 1.165) is 44.1 Å². The van der Waals surface area contributed by atoms with Crippen LogP contribution in [0, 0.1) is 0 Å². The standard InChI is InChI=1S/C15H22N2O/c1-2-3-4-11-18-14-7-5-13(6-8-14)12-15-16-9-10-17-15/h5-8H,2-4,9-12H2,1H3,(H,16,17). The molecule has 0 atom stereocenters. The summed E-state index contributed by atoms with van der Waals surface area (Å²) >= 11 is 0. The molecule has 1 aromatic carbocycles. The van der Waals surface area contributed by atoms with Gasteiger partial charge in [0, 0.05) is 13.0 Å². The average Bonchev–Trinajstić information content (AvgIpc) is 2.89. The number of unbranched alkanes of at least 4 members (excludes halogenated alkanes) is 2. The second-order valence-corrected chi connectivity index (χ2v) is 4.63. The van der Waals surface area contributed by atoms with Crippen molar-refractivity contribution in [2.24, 2.45) is 4.99 Å². The maximum atomic E-state index is 5.69. The Labute approximate surface area is 109 Å². The summed E-state index contributed by atoms with van der Waals surface area (Å²) in [4.78, 5) is 4.40. The number of hydrogen-bond acceptors (Lipinski definition) is 3. The molecular formula is C15H22N2O. The van der Waals surface area contributed by atoms with E-state index in [0.29, 0.717) is 0 Å². The molecule has 3 nitrogen and oxygen atoms in total. The van der Waals surface area contributed by atoms with Gasteiger partial charge in [0.05, 0.1) is 13.2 Å². The molecule has 0 aromatic heterocycles. The van der Waals surface area contributed by atoms with E-state index in [1.807, 2.05) is 0 Å². The van der Waals surface area contributed by atoms with Crippen LogP contribution in [0.15, 0.2) is 29.3 Å². The fourth-order valence-electron chi connectivity index (χ4n) is 2.00. The fraction of sp³-hybridized carbons (Fsp3) is 0.533. The van der Waals surface area contributed by atoms with Crippen LogP contribution in [-0.4, -0.2) is 25.5 Å². The largest absolute Gasteiger partial charge is 0.494 e. The molecule has 0 bridgehead atoms. The molecule has 0 amide bonds. The van der Waals surface area contributed by atoms with Crippen LogP contribution in [0.25, 0.3) is 0 Å². The van der Waals surface area contributed by atoms with Gasteiger partial charge in [-0.05, 0) is 24.1 Å². The van der Waals surface area contributed by atoms with Gasteiger partial charge in [-0.15, -0.1) is 0 Å². The molecule has 0 unspecified atom stereocenters. The Hall–Kier alpha value is -1.51. The van der Waals surface area contributed by atoms with Crippen LogP contribution >= 0.6 is 0 Å². The normalized spacial score (nSPS) is 14.2. The number of rotatable bonds is 7. The Kier molecular flexibility index (Phi) is 5.06. The highest BCUT2D eigenvalue weighted by molar-refractivity contribution is 5.85. The Bertz CT molecular complexity index is 384. The van der Waals surface area contributed by atoms with Crippen LogP contribution in [0.5, 0.6) is 5.75 Å². The van der Waals surface area contributed by atoms with E-state index in [1.165, 1.54) is 18.4 Å². The Morgan fingerprint density at radius 3 is 2.72 bits per heavy atom. The van der Waals surface area contributed by atoms with Crippen molar-refractivity contribution >= 4 is 5.84 Å². The maximum absolute atomic E-state index is 5.69. The average molecular weight is 246 g/mol. The molecule has 1 aliphatic rings. The van der Waals surface area contributed by atoms with Gasteiger partial charge in [0.2, 0.25) is 0 Å². The van der Waals surface area contributed by atoms with Crippen molar-refractivity contribution in [3.05, 3.63) is 29.8 Å². The highest BCUT2D eigenvalue weighted by atomic mass is 16.5. The predicted octanol–water partition coefficient (Wildman–Crippen LogP) is 2.80. The second kappa shape index (κ2) is 7.04. The summed E-state index contributed by atoms with van der Waals surface area (Å²) in [6, 6.07) is 8.35. The van der Waals surface area contributed by atoms with E-state index in [4.69, 9.17) is 4.74 Å². The first-order valence-corrected chi connectivity index (χ1v) is 6.87. The van der Waals surface area contributed by atoms with Gasteiger partial charge < -0.3 is 10.1 Å². The molecule has 2 rings (SSSR count). The van der Waals surface area contributed by atoms with E-state index in [1.54, 1.807) is 0 Å². The summed E-state index contributed by atoms with van der Waals surface area (Å²) < 4.78 is 5.69. The number of ether oxygens (including phenoxy) is 1. The van der Waals surface area contributed by atoms with Crippen molar-refractivity contribution < 1.29 is 4.74 Å². The number of benzene rings is 1. The van der Waals surface area contributed by atoms with E-state index in [2.05, 4.69) is 41.5 Å². The van der Waals surface area contributed by atoms with E-state index in [9.17, 15) is 0 Å². The van der Waals surface area contributed by atoms with Gasteiger partial charge in [0.1, 0.15) is 11.6 Å². The summed E-state index contributed by atoms with van der Waals surface area (Å²) in [6.07, 6.45) is 4.51. The minimum absolute atomic E-state index is 0.821. The summed E-state index contributed by atoms with van der Waals surface area (Å²) in [5, 5.41) is 3.29. The lowest BCUT2D eigenvalue weighted by molar-refractivity contribution is 0.306. The SMILES string of the molecule is CCCCCOc1ccc(CC2=NCCN2)cc1. The zero-order chi connectivity index (χ0) is 12.6. The lowest BCUT2D eigenvalue weighted by Crippen LogP contribution is -2.20. The van der Waals surface area contributed by atoms with E-state index in [-0.39, 0.29) is 0 Å². The minimum atomic E-state index is 0.821. The molecule has 1 aromatic rings. The summed E-state index contributed by atoms with van der Waals surface area (Å²) in [5.74, 6) is 2.07. The van der Waals surface area contributed by atoms with Crippen molar-refractivity contribution in [3.63, 3.8) is 0 Å². The van der Waals surface area contributed by atoms with Crippen LogP contribution in [0.4, 0.5) is 0 Å². The van der Waals surface area contributed by atoms with Crippen LogP contribution < -0.4 is 10.1 Å². The highest BCUT2D eigenvalue weighted by Gasteiger charge is 2.05. The molecule has 1 aliphatic heterocycles. The smallest absolute Gasteiger partial charge is 0.119 e. The quantitative estimate of drug-likeness (QED) is 0.751. The third-order valence-corrected chi connectivity index (χ3v) is 3.06. The third kappa shape index (κ3) is 4.06. The molecule has 0 fully saturated rings. The molecule has 0 saturated heterocycles. The molecule has 0 radical (unpaired) electrons. The number of nitrogens with one attached hydrogen (secondary N) is 1. The molecule has 1 heterocycles. The summed E-state index contributed by atoms with van der Waals surface area (Å²) in [5.41, 5.74) is 1.28. The van der Waals surface area contributed by atoms with Crippen LogP contribution in [0.3, 0.4) is 0 Å². The first-order chi connectivity index (χ1) is 8.88. The van der Waals surface area contributed by atoms with Gasteiger partial charge in [0.15, 0.2) is 0 Å². The first kappa shape index (κ1) is 12.9. The molecule has 0 spiro atoms. The van der Waals surface area contributed by atoms with Crippen molar-refractivity contribution in [3.8, 4) is 5.75 Å². The summed E-state index contributed by atoms with van der Waals surface area (Å²) in [6.45, 7) is 4.91. The van der Waals surface area contributed by atoms with Gasteiger partial charge in [-0.1, -0.05) is 31.9 Å². The highest BCUT2D eigenvalue weighted by Crippen LogP contribution is 2.13. The van der Waals surface area contributed by atoms with Crippen molar-refractivity contribution in [2.75, 3.05) is 19.7 Å². The van der Waals surface area contributed by atoms with Crippen molar-refractivity contribution in [2.45, 2.75) is 32.6 Å². The van der Waals surface area contributed by atoms with E-state index >= 15 is 0 Å². The lowest BCUT2D eigenvalue weighted by atomic mass is 10.1. The minimum Gasteiger partial charge on any atom is -0.494 e.